The number of nitrogens with zero attached hydrogens (tertiary/aromatic N) is 1. The molecule has 0 fully saturated rings. The molecule has 0 bridgehead atoms. The third-order valence-electron chi connectivity index (χ3n) is 3.38. The van der Waals surface area contributed by atoms with E-state index in [1.807, 2.05) is 13.0 Å². The fourth-order valence-corrected chi connectivity index (χ4v) is 2.42. The van der Waals surface area contributed by atoms with E-state index in [-0.39, 0.29) is 23.0 Å². The predicted octanol–water partition coefficient (Wildman–Crippen LogP) is 2.84. The summed E-state index contributed by atoms with van der Waals surface area (Å²) in [4.78, 5) is 11.2. The molecule has 122 valence electrons. The highest BCUT2D eigenvalue weighted by Gasteiger charge is 2.11. The minimum absolute atomic E-state index is 0.133. The Labute approximate surface area is 144 Å². The maximum atomic E-state index is 12.9. The zero-order chi connectivity index (χ0) is 17.7. The molecule has 0 spiro atoms. The summed E-state index contributed by atoms with van der Waals surface area (Å²) in [6.45, 7) is 1.89. The van der Waals surface area contributed by atoms with Gasteiger partial charge in [0, 0.05) is 5.69 Å². The van der Waals surface area contributed by atoms with Gasteiger partial charge in [0.15, 0.2) is 5.11 Å². The van der Waals surface area contributed by atoms with Crippen molar-refractivity contribution in [2.24, 2.45) is 5.73 Å². The topological polar surface area (TPSA) is 90.9 Å². The van der Waals surface area contributed by atoms with Crippen LogP contribution in [0.5, 0.6) is 0 Å². The Morgan fingerprint density at radius 3 is 2.54 bits per heavy atom. The first-order valence-corrected chi connectivity index (χ1v) is 7.48. The predicted molar refractivity (Wildman–Crippen MR) is 93.8 cm³/mol. The van der Waals surface area contributed by atoms with Crippen molar-refractivity contribution in [2.45, 2.75) is 13.0 Å². The number of hydrogen-bond acceptors (Lipinski definition) is 3. The fraction of sp³-hybridized carbons (Fsp3) is 0.118. The number of halogens is 1. The van der Waals surface area contributed by atoms with Crippen LogP contribution in [-0.4, -0.2) is 11.0 Å². The molecule has 2 aromatic carbocycles. The van der Waals surface area contributed by atoms with Gasteiger partial charge >= 0.3 is 0 Å². The van der Waals surface area contributed by atoms with Gasteiger partial charge in [-0.05, 0) is 55.0 Å². The lowest BCUT2D eigenvalue weighted by Crippen LogP contribution is -2.31. The highest BCUT2D eigenvalue weighted by atomic mass is 32.1. The zero-order valence-corrected chi connectivity index (χ0v) is 13.7. The number of thiocarbonyl (C=S) groups is 1. The molecule has 24 heavy (non-hydrogen) atoms. The van der Waals surface area contributed by atoms with Crippen LogP contribution in [0.2, 0.25) is 0 Å². The third kappa shape index (κ3) is 4.27. The lowest BCUT2D eigenvalue weighted by atomic mass is 10.1. The van der Waals surface area contributed by atoms with Crippen molar-refractivity contribution >= 4 is 28.9 Å². The molecule has 7 heteroatoms. The lowest BCUT2D eigenvalue weighted by Gasteiger charge is -2.17. The molecule has 0 aliphatic carbocycles. The standard InChI is InChI=1S/C17H15FN4OS/c1-10(11-2-4-13(18)5-3-11)21-17(24)22-14-6-7-15(16(20)23)12(8-14)9-19/h2-8,10H,1H3,(H2,20,23)(H2,21,22,24). The van der Waals surface area contributed by atoms with Crippen molar-refractivity contribution in [3.63, 3.8) is 0 Å². The Morgan fingerprint density at radius 2 is 1.96 bits per heavy atom. The molecule has 5 nitrogen and oxygen atoms in total. The molecule has 2 rings (SSSR count). The first-order valence-electron chi connectivity index (χ1n) is 7.07. The van der Waals surface area contributed by atoms with Crippen LogP contribution in [0.25, 0.3) is 0 Å². The number of nitrogens with two attached hydrogens (primary N) is 1. The summed E-state index contributed by atoms with van der Waals surface area (Å²) >= 11 is 5.23. The van der Waals surface area contributed by atoms with Gasteiger partial charge in [-0.1, -0.05) is 12.1 Å². The summed E-state index contributed by atoms with van der Waals surface area (Å²) in [5, 5.41) is 15.4. The molecular formula is C17H15FN4OS. The van der Waals surface area contributed by atoms with Crippen molar-refractivity contribution in [1.29, 1.82) is 5.26 Å². The SMILES string of the molecule is CC(NC(=S)Nc1ccc(C(N)=O)c(C#N)c1)c1ccc(F)cc1. The summed E-state index contributed by atoms with van der Waals surface area (Å²) in [6.07, 6.45) is 0. The summed E-state index contributed by atoms with van der Waals surface area (Å²) in [7, 11) is 0. The molecule has 0 saturated carbocycles. The Bertz CT molecular complexity index is 814. The van der Waals surface area contributed by atoms with Crippen LogP contribution in [0.4, 0.5) is 10.1 Å². The van der Waals surface area contributed by atoms with Crippen molar-refractivity contribution in [1.82, 2.24) is 5.32 Å². The van der Waals surface area contributed by atoms with Gasteiger partial charge in [0.25, 0.3) is 0 Å². The van der Waals surface area contributed by atoms with Crippen LogP contribution in [0, 0.1) is 17.1 Å². The third-order valence-corrected chi connectivity index (χ3v) is 3.60. The summed E-state index contributed by atoms with van der Waals surface area (Å²) < 4.78 is 12.9. The molecule has 0 radical (unpaired) electrons. The zero-order valence-electron chi connectivity index (χ0n) is 12.8. The van der Waals surface area contributed by atoms with Crippen LogP contribution >= 0.6 is 12.2 Å². The number of rotatable bonds is 4. The largest absolute Gasteiger partial charge is 0.366 e. The van der Waals surface area contributed by atoms with Gasteiger partial charge in [0.05, 0.1) is 17.2 Å². The van der Waals surface area contributed by atoms with Crippen LogP contribution < -0.4 is 16.4 Å². The van der Waals surface area contributed by atoms with Crippen molar-refractivity contribution in [3.05, 3.63) is 65.0 Å². The molecule has 0 aliphatic heterocycles. The first kappa shape index (κ1) is 17.4. The molecule has 0 saturated heterocycles. The van der Waals surface area contributed by atoms with Gasteiger partial charge in [0.1, 0.15) is 11.9 Å². The molecule has 0 aromatic heterocycles. The monoisotopic (exact) mass is 342 g/mol. The fourth-order valence-electron chi connectivity index (χ4n) is 2.13. The van der Waals surface area contributed by atoms with E-state index in [4.69, 9.17) is 23.2 Å². The number of anilines is 1. The Morgan fingerprint density at radius 1 is 1.29 bits per heavy atom. The maximum Gasteiger partial charge on any atom is 0.250 e. The Balaban J connectivity index is 2.06. The highest BCUT2D eigenvalue weighted by molar-refractivity contribution is 7.80. The number of hydrogen-bond donors (Lipinski definition) is 3. The summed E-state index contributed by atoms with van der Waals surface area (Å²) in [6, 6.07) is 12.5. The molecule has 1 amide bonds. The minimum atomic E-state index is -0.663. The summed E-state index contributed by atoms with van der Waals surface area (Å²) in [5.41, 5.74) is 6.96. The van der Waals surface area contributed by atoms with Gasteiger partial charge in [0.2, 0.25) is 5.91 Å². The molecule has 0 heterocycles. The van der Waals surface area contributed by atoms with Gasteiger partial charge in [-0.3, -0.25) is 4.79 Å². The number of benzene rings is 2. The second-order valence-corrected chi connectivity index (χ2v) is 5.52. The van der Waals surface area contributed by atoms with E-state index in [0.717, 1.165) is 5.56 Å². The highest BCUT2D eigenvalue weighted by Crippen LogP contribution is 2.16. The van der Waals surface area contributed by atoms with Gasteiger partial charge in [-0.2, -0.15) is 5.26 Å². The Kier molecular flexibility index (Phi) is 5.45. The number of carbonyl (C=O) groups excluding carboxylic acids is 1. The van der Waals surface area contributed by atoms with Crippen molar-refractivity contribution in [3.8, 4) is 6.07 Å². The van der Waals surface area contributed by atoms with Crippen LogP contribution in [0.3, 0.4) is 0 Å². The summed E-state index contributed by atoms with van der Waals surface area (Å²) in [5.74, 6) is -0.964. The van der Waals surface area contributed by atoms with Crippen LogP contribution in [0.1, 0.15) is 34.5 Å². The van der Waals surface area contributed by atoms with Gasteiger partial charge < -0.3 is 16.4 Å². The van der Waals surface area contributed by atoms with Gasteiger partial charge in [-0.25, -0.2) is 4.39 Å². The van der Waals surface area contributed by atoms with E-state index in [0.29, 0.717) is 10.8 Å². The van der Waals surface area contributed by atoms with E-state index in [9.17, 15) is 9.18 Å². The minimum Gasteiger partial charge on any atom is -0.366 e. The molecular weight excluding hydrogens is 327 g/mol. The van der Waals surface area contributed by atoms with Crippen LogP contribution in [0.15, 0.2) is 42.5 Å². The quantitative estimate of drug-likeness (QED) is 0.743. The maximum absolute atomic E-state index is 12.9. The first-order chi connectivity index (χ1) is 11.4. The Hall–Kier alpha value is -2.98. The number of nitrogens with one attached hydrogen (secondary N) is 2. The van der Waals surface area contributed by atoms with Crippen molar-refractivity contribution in [2.75, 3.05) is 5.32 Å². The lowest BCUT2D eigenvalue weighted by molar-refractivity contribution is 0.1000. The average Bonchev–Trinajstić information content (AvgIpc) is 2.54. The number of amides is 1. The molecule has 2 aromatic rings. The van der Waals surface area contributed by atoms with E-state index >= 15 is 0 Å². The smallest absolute Gasteiger partial charge is 0.250 e. The van der Waals surface area contributed by atoms with E-state index in [1.165, 1.54) is 24.3 Å². The van der Waals surface area contributed by atoms with E-state index in [2.05, 4.69) is 10.6 Å². The second kappa shape index (κ2) is 7.53. The number of carbonyl (C=O) groups is 1. The van der Waals surface area contributed by atoms with Crippen LogP contribution in [-0.2, 0) is 0 Å². The molecule has 4 N–H and O–H groups in total. The number of nitriles is 1. The molecule has 1 atom stereocenters. The van der Waals surface area contributed by atoms with Crippen molar-refractivity contribution < 1.29 is 9.18 Å². The number of primary amides is 1. The average molecular weight is 342 g/mol. The molecule has 1 unspecified atom stereocenters. The van der Waals surface area contributed by atoms with Gasteiger partial charge in [-0.15, -0.1) is 0 Å². The molecule has 0 aliphatic rings. The van der Waals surface area contributed by atoms with E-state index in [1.54, 1.807) is 18.2 Å². The second-order valence-electron chi connectivity index (χ2n) is 5.11. The van der Waals surface area contributed by atoms with E-state index < -0.39 is 5.91 Å². The normalized spacial score (nSPS) is 11.2.